The standard InChI is InChI=1S/C19H20FN5OS2/c20-14-9-7-13(8-10-14)18(16-6-3-11-27-16)21-17(26)12-28-19-22-23-24-25(19)15-4-1-2-5-15/h3,6-11,15,18H,1-2,4-5,12H2,(H,21,26)/t18-/m1/s1. The van der Waals surface area contributed by atoms with Crippen LogP contribution in [-0.2, 0) is 4.79 Å². The highest BCUT2D eigenvalue weighted by atomic mass is 32.2. The average Bonchev–Trinajstić information content (AvgIpc) is 3.47. The maximum atomic E-state index is 13.3. The Balaban J connectivity index is 1.42. The second-order valence-corrected chi connectivity index (χ2v) is 8.62. The molecule has 28 heavy (non-hydrogen) atoms. The Bertz CT molecular complexity index is 907. The first kappa shape index (κ1) is 19.1. The fraction of sp³-hybridized carbons (Fsp3) is 0.368. The molecule has 1 fully saturated rings. The molecule has 1 N–H and O–H groups in total. The van der Waals surface area contributed by atoms with Gasteiger partial charge in [-0.25, -0.2) is 9.07 Å². The molecule has 0 aliphatic heterocycles. The number of amides is 1. The van der Waals surface area contributed by atoms with Crippen molar-refractivity contribution >= 4 is 29.0 Å². The van der Waals surface area contributed by atoms with Gasteiger partial charge in [0.2, 0.25) is 11.1 Å². The number of carbonyl (C=O) groups is 1. The molecule has 2 heterocycles. The molecular weight excluding hydrogens is 397 g/mol. The predicted octanol–water partition coefficient (Wildman–Crippen LogP) is 3.99. The molecule has 1 amide bonds. The van der Waals surface area contributed by atoms with Gasteiger partial charge >= 0.3 is 0 Å². The summed E-state index contributed by atoms with van der Waals surface area (Å²) in [5, 5.41) is 17.7. The zero-order valence-corrected chi connectivity index (χ0v) is 16.8. The third-order valence-corrected chi connectivity index (χ3v) is 6.67. The number of benzene rings is 1. The molecule has 2 aromatic heterocycles. The van der Waals surface area contributed by atoms with E-state index in [1.165, 1.54) is 36.7 Å². The van der Waals surface area contributed by atoms with Crippen molar-refractivity contribution in [1.82, 2.24) is 25.5 Å². The van der Waals surface area contributed by atoms with Crippen molar-refractivity contribution < 1.29 is 9.18 Å². The zero-order chi connectivity index (χ0) is 19.3. The van der Waals surface area contributed by atoms with Gasteiger partial charge in [0.25, 0.3) is 0 Å². The van der Waals surface area contributed by atoms with E-state index < -0.39 is 0 Å². The summed E-state index contributed by atoms with van der Waals surface area (Å²) >= 11 is 2.90. The molecule has 0 unspecified atom stereocenters. The van der Waals surface area contributed by atoms with Crippen LogP contribution in [0.4, 0.5) is 4.39 Å². The van der Waals surface area contributed by atoms with E-state index in [0.717, 1.165) is 23.3 Å². The third kappa shape index (κ3) is 4.41. The van der Waals surface area contributed by atoms with E-state index in [0.29, 0.717) is 11.2 Å². The Morgan fingerprint density at radius 1 is 1.29 bits per heavy atom. The maximum absolute atomic E-state index is 13.3. The van der Waals surface area contributed by atoms with Gasteiger partial charge in [-0.15, -0.1) is 16.4 Å². The second kappa shape index (κ2) is 8.83. The predicted molar refractivity (Wildman–Crippen MR) is 107 cm³/mol. The van der Waals surface area contributed by atoms with E-state index in [2.05, 4.69) is 20.8 Å². The van der Waals surface area contributed by atoms with Crippen LogP contribution in [0.25, 0.3) is 0 Å². The maximum Gasteiger partial charge on any atom is 0.231 e. The van der Waals surface area contributed by atoms with Gasteiger partial charge in [0.15, 0.2) is 0 Å². The Kier molecular flexibility index (Phi) is 6.01. The van der Waals surface area contributed by atoms with Crippen LogP contribution in [0.3, 0.4) is 0 Å². The van der Waals surface area contributed by atoms with Gasteiger partial charge in [0.05, 0.1) is 17.8 Å². The molecule has 1 aliphatic rings. The first-order chi connectivity index (χ1) is 13.7. The molecule has 1 aromatic carbocycles. The molecule has 3 aromatic rings. The Hall–Kier alpha value is -2.26. The van der Waals surface area contributed by atoms with Gasteiger partial charge in [-0.2, -0.15) is 0 Å². The average molecular weight is 418 g/mol. The van der Waals surface area contributed by atoms with E-state index in [9.17, 15) is 9.18 Å². The van der Waals surface area contributed by atoms with Crippen LogP contribution in [0.2, 0.25) is 0 Å². The van der Waals surface area contributed by atoms with Crippen molar-refractivity contribution in [2.45, 2.75) is 42.9 Å². The van der Waals surface area contributed by atoms with Gasteiger partial charge in [-0.3, -0.25) is 4.79 Å². The number of thiophene rings is 1. The fourth-order valence-corrected chi connectivity index (χ4v) is 4.98. The van der Waals surface area contributed by atoms with Gasteiger partial charge in [0.1, 0.15) is 5.82 Å². The molecule has 0 saturated heterocycles. The highest BCUT2D eigenvalue weighted by Crippen LogP contribution is 2.31. The summed E-state index contributed by atoms with van der Waals surface area (Å²) in [5.41, 5.74) is 0.845. The summed E-state index contributed by atoms with van der Waals surface area (Å²) in [6.07, 6.45) is 4.54. The van der Waals surface area contributed by atoms with Crippen molar-refractivity contribution in [2.24, 2.45) is 0 Å². The summed E-state index contributed by atoms with van der Waals surface area (Å²) in [4.78, 5) is 13.6. The summed E-state index contributed by atoms with van der Waals surface area (Å²) in [5.74, 6) is -0.195. The number of carbonyl (C=O) groups excluding carboxylic acids is 1. The molecule has 0 bridgehead atoms. The minimum absolute atomic E-state index is 0.117. The highest BCUT2D eigenvalue weighted by Gasteiger charge is 2.23. The fourth-order valence-electron chi connectivity index (χ4n) is 3.42. The van der Waals surface area contributed by atoms with Crippen LogP contribution >= 0.6 is 23.1 Å². The van der Waals surface area contributed by atoms with Crippen molar-refractivity contribution in [1.29, 1.82) is 0 Å². The molecular formula is C19H20FN5OS2. The monoisotopic (exact) mass is 417 g/mol. The zero-order valence-electron chi connectivity index (χ0n) is 15.1. The number of hydrogen-bond acceptors (Lipinski definition) is 6. The van der Waals surface area contributed by atoms with Crippen molar-refractivity contribution in [3.8, 4) is 0 Å². The molecule has 0 spiro atoms. The first-order valence-electron chi connectivity index (χ1n) is 9.19. The number of nitrogens with one attached hydrogen (secondary N) is 1. The van der Waals surface area contributed by atoms with Crippen LogP contribution in [0.1, 0.15) is 48.2 Å². The molecule has 6 nitrogen and oxygen atoms in total. The Labute approximate surface area is 170 Å². The number of thioether (sulfide) groups is 1. The summed E-state index contributed by atoms with van der Waals surface area (Å²) in [6, 6.07) is 10.2. The first-order valence-corrected chi connectivity index (χ1v) is 11.1. The molecule has 0 radical (unpaired) electrons. The van der Waals surface area contributed by atoms with Crippen molar-refractivity contribution in [3.05, 3.63) is 58.0 Å². The quantitative estimate of drug-likeness (QED) is 0.589. The van der Waals surface area contributed by atoms with E-state index in [-0.39, 0.29) is 23.5 Å². The van der Waals surface area contributed by atoms with Gasteiger partial charge in [0, 0.05) is 4.88 Å². The molecule has 146 valence electrons. The Morgan fingerprint density at radius 2 is 2.07 bits per heavy atom. The van der Waals surface area contributed by atoms with Crippen LogP contribution < -0.4 is 5.32 Å². The van der Waals surface area contributed by atoms with Crippen molar-refractivity contribution in [2.75, 3.05) is 5.75 Å². The summed E-state index contributed by atoms with van der Waals surface area (Å²) in [7, 11) is 0. The van der Waals surface area contributed by atoms with E-state index in [1.54, 1.807) is 23.5 Å². The number of hydrogen-bond donors (Lipinski definition) is 1. The minimum atomic E-state index is -0.306. The van der Waals surface area contributed by atoms with Crippen molar-refractivity contribution in [3.63, 3.8) is 0 Å². The molecule has 1 saturated carbocycles. The lowest BCUT2D eigenvalue weighted by Gasteiger charge is -2.18. The molecule has 1 aliphatic carbocycles. The number of rotatable bonds is 7. The normalized spacial score (nSPS) is 15.6. The summed E-state index contributed by atoms with van der Waals surface area (Å²) < 4.78 is 15.1. The van der Waals surface area contributed by atoms with Gasteiger partial charge in [-0.05, 0) is 52.4 Å². The smallest absolute Gasteiger partial charge is 0.231 e. The largest absolute Gasteiger partial charge is 0.344 e. The lowest BCUT2D eigenvalue weighted by molar-refractivity contribution is -0.119. The summed E-state index contributed by atoms with van der Waals surface area (Å²) in [6.45, 7) is 0. The lowest BCUT2D eigenvalue weighted by atomic mass is 10.1. The minimum Gasteiger partial charge on any atom is -0.344 e. The van der Waals surface area contributed by atoms with Gasteiger partial charge in [-0.1, -0.05) is 42.8 Å². The van der Waals surface area contributed by atoms with E-state index in [4.69, 9.17) is 0 Å². The number of nitrogens with zero attached hydrogens (tertiary/aromatic N) is 4. The Morgan fingerprint density at radius 3 is 2.79 bits per heavy atom. The van der Waals surface area contributed by atoms with Crippen LogP contribution in [-0.4, -0.2) is 31.9 Å². The van der Waals surface area contributed by atoms with Crippen LogP contribution in [0.5, 0.6) is 0 Å². The number of tetrazole rings is 1. The molecule has 9 heteroatoms. The van der Waals surface area contributed by atoms with E-state index >= 15 is 0 Å². The SMILES string of the molecule is O=C(CSc1nnnn1C1CCCC1)N[C@H](c1ccc(F)cc1)c1cccs1. The highest BCUT2D eigenvalue weighted by molar-refractivity contribution is 7.99. The lowest BCUT2D eigenvalue weighted by Crippen LogP contribution is -2.30. The van der Waals surface area contributed by atoms with Crippen LogP contribution in [0, 0.1) is 5.82 Å². The van der Waals surface area contributed by atoms with Gasteiger partial charge < -0.3 is 5.32 Å². The molecule has 4 rings (SSSR count). The van der Waals surface area contributed by atoms with E-state index in [1.807, 2.05) is 22.2 Å². The molecule has 1 atom stereocenters. The van der Waals surface area contributed by atoms with Crippen LogP contribution in [0.15, 0.2) is 46.9 Å². The second-order valence-electron chi connectivity index (χ2n) is 6.70. The number of aromatic nitrogens is 4. The number of halogens is 1. The third-order valence-electron chi connectivity index (χ3n) is 4.80. The topological polar surface area (TPSA) is 72.7 Å².